The van der Waals surface area contributed by atoms with Gasteiger partial charge >= 0.3 is 6.03 Å². The van der Waals surface area contributed by atoms with Crippen LogP contribution in [0, 0.1) is 5.41 Å². The third-order valence-electron chi connectivity index (χ3n) is 3.92. The molecular weight excluding hydrogens is 326 g/mol. The van der Waals surface area contributed by atoms with E-state index in [1.165, 1.54) is 0 Å². The van der Waals surface area contributed by atoms with Crippen molar-refractivity contribution in [2.45, 2.75) is 20.8 Å². The number of ether oxygens (including phenoxy) is 1. The molecule has 0 saturated carbocycles. The zero-order valence-electron chi connectivity index (χ0n) is 14.8. The van der Waals surface area contributed by atoms with Gasteiger partial charge in [0.2, 0.25) is 0 Å². The molecule has 0 unspecified atom stereocenters. The fraction of sp³-hybridized carbons (Fsp3) is 0.611. The highest BCUT2D eigenvalue weighted by molar-refractivity contribution is 6.30. The van der Waals surface area contributed by atoms with Gasteiger partial charge in [0, 0.05) is 44.3 Å². The van der Waals surface area contributed by atoms with Crippen molar-refractivity contribution < 1.29 is 9.53 Å². The number of rotatable bonds is 5. The molecular formula is C18H28ClN3O2. The molecule has 6 heteroatoms. The molecule has 1 heterocycles. The monoisotopic (exact) mass is 353 g/mol. The predicted molar refractivity (Wildman–Crippen MR) is 97.8 cm³/mol. The summed E-state index contributed by atoms with van der Waals surface area (Å²) in [6, 6.07) is 7.44. The molecule has 134 valence electrons. The highest BCUT2D eigenvalue weighted by Crippen LogP contribution is 2.15. The second kappa shape index (κ2) is 8.58. The highest BCUT2D eigenvalue weighted by atomic mass is 35.5. The van der Waals surface area contributed by atoms with Gasteiger partial charge in [-0.3, -0.25) is 4.90 Å². The number of piperazine rings is 1. The normalized spacial score (nSPS) is 16.1. The summed E-state index contributed by atoms with van der Waals surface area (Å²) in [6.45, 7) is 11.8. The van der Waals surface area contributed by atoms with E-state index in [1.807, 2.05) is 29.2 Å². The summed E-state index contributed by atoms with van der Waals surface area (Å²) in [7, 11) is 0. The first-order valence-electron chi connectivity index (χ1n) is 8.47. The minimum atomic E-state index is 0.0435. The van der Waals surface area contributed by atoms with E-state index in [0.717, 1.165) is 38.5 Å². The Morgan fingerprint density at radius 2 is 1.79 bits per heavy atom. The molecule has 1 saturated heterocycles. The quantitative estimate of drug-likeness (QED) is 0.884. The SMILES string of the molecule is CC(C)(C)CNC(=O)N1CCN(CCOc2ccc(Cl)cc2)CC1. The number of nitrogens with one attached hydrogen (secondary N) is 1. The smallest absolute Gasteiger partial charge is 0.317 e. The molecule has 0 bridgehead atoms. The Hall–Kier alpha value is -1.46. The van der Waals surface area contributed by atoms with Crippen molar-refractivity contribution in [3.63, 3.8) is 0 Å². The number of amides is 2. The fourth-order valence-electron chi connectivity index (χ4n) is 2.45. The molecule has 1 aromatic rings. The van der Waals surface area contributed by atoms with Crippen LogP contribution in [0.3, 0.4) is 0 Å². The van der Waals surface area contributed by atoms with E-state index in [4.69, 9.17) is 16.3 Å². The number of urea groups is 1. The first kappa shape index (κ1) is 18.9. The van der Waals surface area contributed by atoms with E-state index in [9.17, 15) is 4.79 Å². The standard InChI is InChI=1S/C18H28ClN3O2/c1-18(2,3)14-20-17(23)22-10-8-21(9-11-22)12-13-24-16-6-4-15(19)5-7-16/h4-7H,8-14H2,1-3H3,(H,20,23). The van der Waals surface area contributed by atoms with Gasteiger partial charge in [-0.15, -0.1) is 0 Å². The Balaban J connectivity index is 1.63. The van der Waals surface area contributed by atoms with E-state index in [2.05, 4.69) is 31.0 Å². The second-order valence-electron chi connectivity index (χ2n) is 7.35. The van der Waals surface area contributed by atoms with E-state index >= 15 is 0 Å². The third-order valence-corrected chi connectivity index (χ3v) is 4.17. The number of benzene rings is 1. The van der Waals surface area contributed by atoms with Crippen LogP contribution in [0.15, 0.2) is 24.3 Å². The number of halogens is 1. The Kier molecular flexibility index (Phi) is 6.75. The minimum absolute atomic E-state index is 0.0435. The molecule has 2 rings (SSSR count). The summed E-state index contributed by atoms with van der Waals surface area (Å²) in [4.78, 5) is 16.4. The minimum Gasteiger partial charge on any atom is -0.492 e. The van der Waals surface area contributed by atoms with Crippen molar-refractivity contribution in [2.75, 3.05) is 45.9 Å². The van der Waals surface area contributed by atoms with Crippen LogP contribution in [-0.2, 0) is 0 Å². The van der Waals surface area contributed by atoms with Gasteiger partial charge in [0.05, 0.1) is 0 Å². The Bertz CT molecular complexity index is 520. The summed E-state index contributed by atoms with van der Waals surface area (Å²) < 4.78 is 5.72. The van der Waals surface area contributed by atoms with Crippen molar-refractivity contribution in [2.24, 2.45) is 5.41 Å². The molecule has 1 aliphatic heterocycles. The molecule has 0 atom stereocenters. The van der Waals surface area contributed by atoms with Crippen LogP contribution in [0.1, 0.15) is 20.8 Å². The maximum Gasteiger partial charge on any atom is 0.317 e. The van der Waals surface area contributed by atoms with E-state index in [0.29, 0.717) is 18.2 Å². The first-order chi connectivity index (χ1) is 11.3. The summed E-state index contributed by atoms with van der Waals surface area (Å²) in [5, 5.41) is 3.72. The highest BCUT2D eigenvalue weighted by Gasteiger charge is 2.22. The van der Waals surface area contributed by atoms with Crippen LogP contribution in [0.4, 0.5) is 4.79 Å². The van der Waals surface area contributed by atoms with E-state index in [-0.39, 0.29) is 11.4 Å². The molecule has 2 amide bonds. The zero-order chi connectivity index (χ0) is 17.6. The molecule has 1 N–H and O–H groups in total. The topological polar surface area (TPSA) is 44.8 Å². The molecule has 24 heavy (non-hydrogen) atoms. The summed E-state index contributed by atoms with van der Waals surface area (Å²) >= 11 is 5.85. The largest absolute Gasteiger partial charge is 0.492 e. The number of nitrogens with zero attached hydrogens (tertiary/aromatic N) is 2. The summed E-state index contributed by atoms with van der Waals surface area (Å²) in [6.07, 6.45) is 0. The van der Waals surface area contributed by atoms with E-state index in [1.54, 1.807) is 0 Å². The Morgan fingerprint density at radius 1 is 1.17 bits per heavy atom. The Morgan fingerprint density at radius 3 is 2.38 bits per heavy atom. The predicted octanol–water partition coefficient (Wildman–Crippen LogP) is 3.09. The molecule has 1 aliphatic rings. The third kappa shape index (κ3) is 6.57. The lowest BCUT2D eigenvalue weighted by atomic mass is 9.97. The van der Waals surface area contributed by atoms with E-state index < -0.39 is 0 Å². The van der Waals surface area contributed by atoms with Crippen molar-refractivity contribution in [1.82, 2.24) is 15.1 Å². The van der Waals surface area contributed by atoms with Crippen LogP contribution in [0.25, 0.3) is 0 Å². The molecule has 0 aromatic heterocycles. The molecule has 0 aliphatic carbocycles. The lowest BCUT2D eigenvalue weighted by Crippen LogP contribution is -2.53. The van der Waals surface area contributed by atoms with Crippen molar-refractivity contribution in [3.05, 3.63) is 29.3 Å². The summed E-state index contributed by atoms with van der Waals surface area (Å²) in [5.74, 6) is 0.833. The van der Waals surface area contributed by atoms with Gasteiger partial charge in [0.25, 0.3) is 0 Å². The van der Waals surface area contributed by atoms with Crippen LogP contribution < -0.4 is 10.1 Å². The Labute approximate surface area is 149 Å². The van der Waals surface area contributed by atoms with Gasteiger partial charge in [-0.2, -0.15) is 0 Å². The van der Waals surface area contributed by atoms with Gasteiger partial charge in [-0.1, -0.05) is 32.4 Å². The molecule has 1 aromatic carbocycles. The maximum atomic E-state index is 12.1. The van der Waals surface area contributed by atoms with Crippen molar-refractivity contribution in [3.8, 4) is 5.75 Å². The second-order valence-corrected chi connectivity index (χ2v) is 7.79. The summed E-state index contributed by atoms with van der Waals surface area (Å²) in [5.41, 5.74) is 0.108. The lowest BCUT2D eigenvalue weighted by Gasteiger charge is -2.35. The number of carbonyl (C=O) groups excluding carboxylic acids is 1. The molecule has 0 radical (unpaired) electrons. The lowest BCUT2D eigenvalue weighted by molar-refractivity contribution is 0.124. The van der Waals surface area contributed by atoms with Crippen LogP contribution >= 0.6 is 11.6 Å². The average molecular weight is 354 g/mol. The zero-order valence-corrected chi connectivity index (χ0v) is 15.6. The van der Waals surface area contributed by atoms with Crippen LogP contribution in [0.5, 0.6) is 5.75 Å². The number of hydrogen-bond donors (Lipinski definition) is 1. The number of carbonyl (C=O) groups is 1. The molecule has 0 spiro atoms. The van der Waals surface area contributed by atoms with Crippen LogP contribution in [-0.4, -0.2) is 61.7 Å². The molecule has 5 nitrogen and oxygen atoms in total. The fourth-order valence-corrected chi connectivity index (χ4v) is 2.58. The van der Waals surface area contributed by atoms with Gasteiger partial charge < -0.3 is 15.0 Å². The number of hydrogen-bond acceptors (Lipinski definition) is 3. The first-order valence-corrected chi connectivity index (χ1v) is 8.85. The van der Waals surface area contributed by atoms with Crippen LogP contribution in [0.2, 0.25) is 5.02 Å². The maximum absolute atomic E-state index is 12.1. The van der Waals surface area contributed by atoms with Gasteiger partial charge in [0.1, 0.15) is 12.4 Å². The van der Waals surface area contributed by atoms with Gasteiger partial charge in [-0.25, -0.2) is 4.79 Å². The van der Waals surface area contributed by atoms with Gasteiger partial charge in [-0.05, 0) is 29.7 Å². The van der Waals surface area contributed by atoms with Gasteiger partial charge in [0.15, 0.2) is 0 Å². The van der Waals surface area contributed by atoms with Crippen molar-refractivity contribution in [1.29, 1.82) is 0 Å². The molecule has 1 fully saturated rings. The average Bonchev–Trinajstić information content (AvgIpc) is 2.54. The van der Waals surface area contributed by atoms with Crippen molar-refractivity contribution >= 4 is 17.6 Å².